The molecular formula is C12H7Cl3O2. The quantitative estimate of drug-likeness (QED) is 0.829. The van der Waals surface area contributed by atoms with Gasteiger partial charge in [0.25, 0.3) is 0 Å². The summed E-state index contributed by atoms with van der Waals surface area (Å²) in [5.41, 5.74) is 0. The third-order valence-electron chi connectivity index (χ3n) is 2.02. The van der Waals surface area contributed by atoms with Crippen molar-refractivity contribution in [2.45, 2.75) is 0 Å². The van der Waals surface area contributed by atoms with Gasteiger partial charge in [0.05, 0.1) is 10.0 Å². The maximum atomic E-state index is 9.14. The molecule has 0 radical (unpaired) electrons. The molecule has 0 aliphatic rings. The molecule has 0 spiro atoms. The highest BCUT2D eigenvalue weighted by molar-refractivity contribution is 6.40. The minimum absolute atomic E-state index is 0.158. The molecule has 0 heterocycles. The van der Waals surface area contributed by atoms with Crippen molar-refractivity contribution in [1.82, 2.24) is 0 Å². The molecule has 5 heteroatoms. The summed E-state index contributed by atoms with van der Waals surface area (Å²) in [4.78, 5) is 0. The number of hydrogen-bond acceptors (Lipinski definition) is 2. The van der Waals surface area contributed by atoms with Crippen LogP contribution < -0.4 is 4.74 Å². The summed E-state index contributed by atoms with van der Waals surface area (Å²) in [5, 5.41) is 10.2. The van der Waals surface area contributed by atoms with Crippen LogP contribution in [0.5, 0.6) is 17.2 Å². The van der Waals surface area contributed by atoms with Gasteiger partial charge in [-0.05, 0) is 36.4 Å². The number of phenols is 1. The lowest BCUT2D eigenvalue weighted by Gasteiger charge is -2.09. The fourth-order valence-corrected chi connectivity index (χ4v) is 2.15. The Hall–Kier alpha value is -1.09. The Labute approximate surface area is 113 Å². The van der Waals surface area contributed by atoms with Gasteiger partial charge in [0.15, 0.2) is 5.75 Å². The zero-order valence-electron chi connectivity index (χ0n) is 8.45. The third-order valence-corrected chi connectivity index (χ3v) is 2.80. The molecule has 1 N–H and O–H groups in total. The Kier molecular flexibility index (Phi) is 3.67. The van der Waals surface area contributed by atoms with E-state index in [0.29, 0.717) is 26.6 Å². The predicted octanol–water partition coefficient (Wildman–Crippen LogP) is 5.14. The Morgan fingerprint density at radius 1 is 0.882 bits per heavy atom. The third kappa shape index (κ3) is 2.97. The zero-order chi connectivity index (χ0) is 12.4. The maximum absolute atomic E-state index is 9.14. The summed E-state index contributed by atoms with van der Waals surface area (Å²) in [6, 6.07) is 9.32. The molecule has 2 aromatic rings. The first-order valence-corrected chi connectivity index (χ1v) is 5.81. The smallest absolute Gasteiger partial charge is 0.164 e. The van der Waals surface area contributed by atoms with Crippen LogP contribution in [0.1, 0.15) is 0 Å². The van der Waals surface area contributed by atoms with Gasteiger partial charge < -0.3 is 9.84 Å². The van der Waals surface area contributed by atoms with Gasteiger partial charge in [-0.2, -0.15) is 0 Å². The van der Waals surface area contributed by atoms with Gasteiger partial charge in [-0.15, -0.1) is 0 Å². The molecule has 0 saturated heterocycles. The van der Waals surface area contributed by atoms with Gasteiger partial charge in [-0.1, -0.05) is 34.8 Å². The number of aromatic hydroxyl groups is 1. The average Bonchev–Trinajstić information content (AvgIpc) is 2.26. The molecule has 0 fully saturated rings. The van der Waals surface area contributed by atoms with Crippen LogP contribution in [0.15, 0.2) is 36.4 Å². The summed E-state index contributed by atoms with van der Waals surface area (Å²) < 4.78 is 5.52. The van der Waals surface area contributed by atoms with Crippen molar-refractivity contribution in [2.24, 2.45) is 0 Å². The fourth-order valence-electron chi connectivity index (χ4n) is 1.26. The van der Waals surface area contributed by atoms with Crippen LogP contribution in [0.2, 0.25) is 15.1 Å². The summed E-state index contributed by atoms with van der Waals surface area (Å²) >= 11 is 17.7. The van der Waals surface area contributed by atoms with Gasteiger partial charge in [-0.3, -0.25) is 0 Å². The van der Waals surface area contributed by atoms with E-state index >= 15 is 0 Å². The highest BCUT2D eigenvalue weighted by atomic mass is 35.5. The average molecular weight is 290 g/mol. The molecule has 0 saturated carbocycles. The predicted molar refractivity (Wildman–Crippen MR) is 69.7 cm³/mol. The van der Waals surface area contributed by atoms with Gasteiger partial charge in [0.2, 0.25) is 0 Å². The van der Waals surface area contributed by atoms with Gasteiger partial charge in [0.1, 0.15) is 11.5 Å². The van der Waals surface area contributed by atoms with Crippen molar-refractivity contribution in [3.8, 4) is 17.2 Å². The standard InChI is InChI=1S/C12H7Cl3O2/c13-7-5-10(14)12(11(15)6-7)17-9-3-1-8(16)2-4-9/h1-6,16H. The van der Waals surface area contributed by atoms with Crippen molar-refractivity contribution in [2.75, 3.05) is 0 Å². The second-order valence-electron chi connectivity index (χ2n) is 3.29. The molecule has 0 aliphatic heterocycles. The van der Waals surface area contributed by atoms with E-state index in [2.05, 4.69) is 0 Å². The molecule has 2 nitrogen and oxygen atoms in total. The van der Waals surface area contributed by atoms with Crippen LogP contribution in [0, 0.1) is 0 Å². The highest BCUT2D eigenvalue weighted by Crippen LogP contribution is 2.38. The van der Waals surface area contributed by atoms with Crippen LogP contribution in [0.4, 0.5) is 0 Å². The molecular weight excluding hydrogens is 282 g/mol. The van der Waals surface area contributed by atoms with E-state index in [1.807, 2.05) is 0 Å². The van der Waals surface area contributed by atoms with Gasteiger partial charge in [0, 0.05) is 5.02 Å². The van der Waals surface area contributed by atoms with Crippen molar-refractivity contribution in [3.63, 3.8) is 0 Å². The van der Waals surface area contributed by atoms with E-state index in [1.165, 1.54) is 12.1 Å². The zero-order valence-corrected chi connectivity index (χ0v) is 10.7. The van der Waals surface area contributed by atoms with Crippen LogP contribution in [-0.4, -0.2) is 5.11 Å². The Morgan fingerprint density at radius 3 is 1.94 bits per heavy atom. The molecule has 88 valence electrons. The van der Waals surface area contributed by atoms with Crippen LogP contribution in [-0.2, 0) is 0 Å². The molecule has 0 atom stereocenters. The molecule has 0 unspecified atom stereocenters. The molecule has 17 heavy (non-hydrogen) atoms. The molecule has 2 rings (SSSR count). The van der Waals surface area contributed by atoms with Crippen molar-refractivity contribution >= 4 is 34.8 Å². The van der Waals surface area contributed by atoms with E-state index in [-0.39, 0.29) is 5.75 Å². The molecule has 0 aliphatic carbocycles. The number of halogens is 3. The summed E-state index contributed by atoms with van der Waals surface area (Å²) in [6.45, 7) is 0. The lowest BCUT2D eigenvalue weighted by atomic mass is 10.3. The topological polar surface area (TPSA) is 29.5 Å². The van der Waals surface area contributed by atoms with Crippen molar-refractivity contribution in [1.29, 1.82) is 0 Å². The lowest BCUT2D eigenvalue weighted by molar-refractivity contribution is 0.464. The molecule has 0 aromatic heterocycles. The lowest BCUT2D eigenvalue weighted by Crippen LogP contribution is -1.86. The SMILES string of the molecule is Oc1ccc(Oc2c(Cl)cc(Cl)cc2Cl)cc1. The number of rotatable bonds is 2. The maximum Gasteiger partial charge on any atom is 0.164 e. The van der Waals surface area contributed by atoms with Crippen LogP contribution in [0.25, 0.3) is 0 Å². The number of hydrogen-bond donors (Lipinski definition) is 1. The summed E-state index contributed by atoms with van der Waals surface area (Å²) in [5.74, 6) is 1.02. The van der Waals surface area contributed by atoms with E-state index in [4.69, 9.17) is 44.6 Å². The number of ether oxygens (including phenoxy) is 1. The van der Waals surface area contributed by atoms with E-state index in [1.54, 1.807) is 24.3 Å². The van der Waals surface area contributed by atoms with Crippen molar-refractivity contribution < 1.29 is 9.84 Å². The summed E-state index contributed by atoms with van der Waals surface area (Å²) in [7, 11) is 0. The first-order valence-electron chi connectivity index (χ1n) is 4.67. The molecule has 0 bridgehead atoms. The van der Waals surface area contributed by atoms with Crippen LogP contribution >= 0.6 is 34.8 Å². The summed E-state index contributed by atoms with van der Waals surface area (Å²) in [6.07, 6.45) is 0. The molecule has 0 amide bonds. The van der Waals surface area contributed by atoms with Gasteiger partial charge >= 0.3 is 0 Å². The van der Waals surface area contributed by atoms with Crippen LogP contribution in [0.3, 0.4) is 0 Å². The first-order chi connectivity index (χ1) is 8.06. The number of benzene rings is 2. The highest BCUT2D eigenvalue weighted by Gasteiger charge is 2.10. The molecule has 2 aromatic carbocycles. The second kappa shape index (κ2) is 5.05. The number of phenolic OH excluding ortho intramolecular Hbond substituents is 1. The fraction of sp³-hybridized carbons (Fsp3) is 0. The Balaban J connectivity index is 2.33. The van der Waals surface area contributed by atoms with Crippen molar-refractivity contribution in [3.05, 3.63) is 51.5 Å². The monoisotopic (exact) mass is 288 g/mol. The first kappa shape index (κ1) is 12.4. The second-order valence-corrected chi connectivity index (χ2v) is 4.55. The largest absolute Gasteiger partial charge is 0.508 e. The minimum atomic E-state index is 0.158. The Bertz CT molecular complexity index is 515. The Morgan fingerprint density at radius 2 is 1.41 bits per heavy atom. The van der Waals surface area contributed by atoms with E-state index in [0.717, 1.165) is 0 Å². The minimum Gasteiger partial charge on any atom is -0.508 e. The van der Waals surface area contributed by atoms with E-state index < -0.39 is 0 Å². The normalized spacial score (nSPS) is 10.3. The van der Waals surface area contributed by atoms with E-state index in [9.17, 15) is 0 Å². The van der Waals surface area contributed by atoms with Gasteiger partial charge in [-0.25, -0.2) is 0 Å².